The Morgan fingerprint density at radius 2 is 2.03 bits per heavy atom. The van der Waals surface area contributed by atoms with Crippen LogP contribution in [-0.4, -0.2) is 56.7 Å². The van der Waals surface area contributed by atoms with Crippen molar-refractivity contribution in [3.05, 3.63) is 46.0 Å². The molecule has 0 N–H and O–H groups in total. The van der Waals surface area contributed by atoms with Crippen LogP contribution in [0.1, 0.15) is 52.5 Å². The number of hydrogen-bond acceptors (Lipinski definition) is 6. The van der Waals surface area contributed by atoms with Crippen molar-refractivity contribution in [2.75, 3.05) is 31.1 Å². The molecule has 2 fully saturated rings. The molecule has 2 aliphatic heterocycles. The van der Waals surface area contributed by atoms with Crippen molar-refractivity contribution in [2.24, 2.45) is 7.05 Å². The van der Waals surface area contributed by atoms with Gasteiger partial charge in [-0.3, -0.25) is 9.48 Å². The van der Waals surface area contributed by atoms with Gasteiger partial charge in [-0.15, -0.1) is 11.3 Å². The van der Waals surface area contributed by atoms with Gasteiger partial charge in [-0.2, -0.15) is 5.10 Å². The lowest BCUT2D eigenvalue weighted by Crippen LogP contribution is -2.39. The Bertz CT molecular complexity index is 1080. The Kier molecular flexibility index (Phi) is 5.48. The second-order valence-corrected chi connectivity index (χ2v) is 9.53. The Balaban J connectivity index is 1.41. The van der Waals surface area contributed by atoms with Gasteiger partial charge in [0.2, 0.25) is 5.95 Å². The van der Waals surface area contributed by atoms with Gasteiger partial charge in [-0.05, 0) is 55.7 Å². The lowest BCUT2D eigenvalue weighted by molar-refractivity contribution is 0.0710. The summed E-state index contributed by atoms with van der Waals surface area (Å²) in [5.41, 5.74) is 4.15. The maximum absolute atomic E-state index is 13.0. The van der Waals surface area contributed by atoms with Crippen LogP contribution in [0.25, 0.3) is 11.3 Å². The van der Waals surface area contributed by atoms with Crippen molar-refractivity contribution < 1.29 is 4.79 Å². The zero-order valence-electron chi connectivity index (χ0n) is 18.1. The Labute approximate surface area is 186 Å². The highest BCUT2D eigenvalue weighted by Gasteiger charge is 2.30. The molecule has 162 valence electrons. The van der Waals surface area contributed by atoms with E-state index in [4.69, 9.17) is 10.1 Å². The van der Waals surface area contributed by atoms with Gasteiger partial charge in [0, 0.05) is 57.1 Å². The molecule has 7 nitrogen and oxygen atoms in total. The first-order valence-electron chi connectivity index (χ1n) is 11.0. The summed E-state index contributed by atoms with van der Waals surface area (Å²) in [4.78, 5) is 27.5. The van der Waals surface area contributed by atoms with E-state index in [1.54, 1.807) is 0 Å². The maximum atomic E-state index is 13.0. The molecular formula is C23H28N6OS. The normalized spacial score (nSPS) is 19.2. The van der Waals surface area contributed by atoms with Crippen LogP contribution in [0.4, 0.5) is 5.95 Å². The lowest BCUT2D eigenvalue weighted by atomic mass is 9.91. The van der Waals surface area contributed by atoms with E-state index in [-0.39, 0.29) is 11.8 Å². The van der Waals surface area contributed by atoms with Crippen molar-refractivity contribution in [3.63, 3.8) is 0 Å². The number of aryl methyl sites for hydroxylation is 2. The first kappa shape index (κ1) is 20.2. The molecule has 3 aromatic rings. The van der Waals surface area contributed by atoms with E-state index < -0.39 is 0 Å². The second-order valence-electron chi connectivity index (χ2n) is 8.62. The monoisotopic (exact) mass is 436 g/mol. The lowest BCUT2D eigenvalue weighted by Gasteiger charge is -2.32. The molecule has 0 spiro atoms. The maximum Gasteiger partial charge on any atom is 0.263 e. The average molecular weight is 437 g/mol. The molecule has 31 heavy (non-hydrogen) atoms. The highest BCUT2D eigenvalue weighted by molar-refractivity contribution is 7.12. The largest absolute Gasteiger partial charge is 0.341 e. The molecule has 0 radical (unpaired) electrons. The summed E-state index contributed by atoms with van der Waals surface area (Å²) in [6.07, 6.45) is 8.31. The van der Waals surface area contributed by atoms with Gasteiger partial charge in [0.25, 0.3) is 5.91 Å². The standard InChI is InChI=1S/C23H28N6OS/c1-16-12-20(31-15-16)22(30)29-11-5-6-17(13-29)21-18(14-27(2)26-21)19-7-8-24-23(25-19)28-9-3-4-10-28/h7-8,12,14-15,17H,3-6,9-11,13H2,1-2H3. The highest BCUT2D eigenvalue weighted by atomic mass is 32.1. The van der Waals surface area contributed by atoms with Crippen LogP contribution < -0.4 is 4.90 Å². The summed E-state index contributed by atoms with van der Waals surface area (Å²) in [6.45, 7) is 5.58. The molecule has 0 aliphatic carbocycles. The van der Waals surface area contributed by atoms with Crippen LogP contribution in [0.2, 0.25) is 0 Å². The number of piperidine rings is 1. The summed E-state index contributed by atoms with van der Waals surface area (Å²) < 4.78 is 1.87. The predicted molar refractivity (Wildman–Crippen MR) is 123 cm³/mol. The molecule has 2 aliphatic rings. The number of rotatable bonds is 4. The number of thiophene rings is 1. The Morgan fingerprint density at radius 3 is 2.81 bits per heavy atom. The Hall–Kier alpha value is -2.74. The Morgan fingerprint density at radius 1 is 1.19 bits per heavy atom. The molecule has 0 bridgehead atoms. The first-order chi connectivity index (χ1) is 15.1. The van der Waals surface area contributed by atoms with E-state index in [0.717, 1.165) is 65.8 Å². The van der Waals surface area contributed by atoms with Crippen molar-refractivity contribution in [1.29, 1.82) is 0 Å². The second kappa shape index (κ2) is 8.42. The van der Waals surface area contributed by atoms with Gasteiger partial charge in [0.1, 0.15) is 0 Å². The number of carbonyl (C=O) groups excluding carboxylic acids is 1. The minimum Gasteiger partial charge on any atom is -0.341 e. The zero-order valence-corrected chi connectivity index (χ0v) is 18.9. The summed E-state index contributed by atoms with van der Waals surface area (Å²) in [5.74, 6) is 1.15. The van der Waals surface area contributed by atoms with Gasteiger partial charge in [0.15, 0.2) is 0 Å². The number of anilines is 1. The summed E-state index contributed by atoms with van der Waals surface area (Å²) in [7, 11) is 1.95. The predicted octanol–water partition coefficient (Wildman–Crippen LogP) is 3.87. The molecule has 3 aromatic heterocycles. The number of hydrogen-bond donors (Lipinski definition) is 0. The topological polar surface area (TPSA) is 67.2 Å². The molecule has 0 aromatic carbocycles. The van der Waals surface area contributed by atoms with Crippen LogP contribution in [-0.2, 0) is 7.05 Å². The number of amides is 1. The van der Waals surface area contributed by atoms with Crippen LogP contribution in [0.3, 0.4) is 0 Å². The number of aromatic nitrogens is 4. The third-order valence-corrected chi connectivity index (χ3v) is 7.24. The molecule has 1 unspecified atom stereocenters. The smallest absolute Gasteiger partial charge is 0.263 e. The fourth-order valence-corrected chi connectivity index (χ4v) is 5.52. The fraction of sp³-hybridized carbons (Fsp3) is 0.478. The quantitative estimate of drug-likeness (QED) is 0.621. The van der Waals surface area contributed by atoms with Crippen molar-refractivity contribution in [1.82, 2.24) is 24.6 Å². The molecule has 2 saturated heterocycles. The van der Waals surface area contributed by atoms with Gasteiger partial charge in [-0.1, -0.05) is 0 Å². The number of likely N-dealkylation sites (tertiary alicyclic amines) is 1. The van der Waals surface area contributed by atoms with Gasteiger partial charge < -0.3 is 9.80 Å². The zero-order chi connectivity index (χ0) is 21.4. The van der Waals surface area contributed by atoms with Crippen LogP contribution in [0, 0.1) is 6.92 Å². The van der Waals surface area contributed by atoms with E-state index in [0.29, 0.717) is 6.54 Å². The van der Waals surface area contributed by atoms with E-state index in [2.05, 4.69) is 16.1 Å². The molecule has 5 heterocycles. The molecule has 1 amide bonds. The molecule has 5 rings (SSSR count). The summed E-state index contributed by atoms with van der Waals surface area (Å²) >= 11 is 1.53. The minimum absolute atomic E-state index is 0.138. The third-order valence-electron chi connectivity index (χ3n) is 6.20. The van der Waals surface area contributed by atoms with E-state index in [1.165, 1.54) is 24.2 Å². The average Bonchev–Trinajstić information content (AvgIpc) is 3.54. The minimum atomic E-state index is 0.138. The highest BCUT2D eigenvalue weighted by Crippen LogP contribution is 2.34. The molecule has 8 heteroatoms. The van der Waals surface area contributed by atoms with Crippen LogP contribution in [0.15, 0.2) is 29.9 Å². The SMILES string of the molecule is Cc1csc(C(=O)N2CCCC(c3nn(C)cc3-c3ccnc(N4CCCC4)n3)C2)c1. The molecule has 1 atom stereocenters. The number of nitrogens with zero attached hydrogens (tertiary/aromatic N) is 6. The van der Waals surface area contributed by atoms with Gasteiger partial charge in [-0.25, -0.2) is 9.97 Å². The van der Waals surface area contributed by atoms with E-state index >= 15 is 0 Å². The molecular weight excluding hydrogens is 408 g/mol. The van der Waals surface area contributed by atoms with Crippen LogP contribution >= 0.6 is 11.3 Å². The van der Waals surface area contributed by atoms with Crippen LogP contribution in [0.5, 0.6) is 0 Å². The molecule has 0 saturated carbocycles. The summed E-state index contributed by atoms with van der Waals surface area (Å²) in [5, 5.41) is 6.86. The van der Waals surface area contributed by atoms with Crippen molar-refractivity contribution in [3.8, 4) is 11.3 Å². The fourth-order valence-electron chi connectivity index (χ4n) is 4.66. The van der Waals surface area contributed by atoms with E-state index in [9.17, 15) is 4.79 Å². The van der Waals surface area contributed by atoms with Crippen molar-refractivity contribution in [2.45, 2.75) is 38.5 Å². The number of carbonyl (C=O) groups is 1. The first-order valence-corrected chi connectivity index (χ1v) is 11.9. The summed E-state index contributed by atoms with van der Waals surface area (Å²) in [6, 6.07) is 3.96. The van der Waals surface area contributed by atoms with Gasteiger partial charge in [0.05, 0.1) is 16.3 Å². The third kappa shape index (κ3) is 4.08. The van der Waals surface area contributed by atoms with Crippen molar-refractivity contribution >= 4 is 23.2 Å². The van der Waals surface area contributed by atoms with E-state index in [1.807, 2.05) is 47.3 Å². The van der Waals surface area contributed by atoms with Gasteiger partial charge >= 0.3 is 0 Å².